The maximum Gasteiger partial charge on any atom is 0.262 e. The molecule has 3 aromatic rings. The normalized spacial score (nSPS) is 11.1. The van der Waals surface area contributed by atoms with Crippen LogP contribution in [0.25, 0.3) is 0 Å². The minimum absolute atomic E-state index is 0.0551. The lowest BCUT2D eigenvalue weighted by molar-refractivity contribution is -0.118. The molecule has 9 heteroatoms. The number of sulfonamides is 1. The third-order valence-corrected chi connectivity index (χ3v) is 5.75. The average molecular weight is 463 g/mol. The molecule has 0 spiro atoms. The lowest BCUT2D eigenvalue weighted by Gasteiger charge is -2.22. The quantitative estimate of drug-likeness (QED) is 0.536. The Hall–Kier alpha value is -3.10. The van der Waals surface area contributed by atoms with Crippen molar-refractivity contribution in [3.05, 3.63) is 89.2 Å². The highest BCUT2D eigenvalue weighted by atomic mass is 35.5. The van der Waals surface area contributed by atoms with Crippen molar-refractivity contribution < 1.29 is 22.3 Å². The Morgan fingerprint density at radius 1 is 1.03 bits per heavy atom. The lowest BCUT2D eigenvalue weighted by Crippen LogP contribution is -2.29. The maximum absolute atomic E-state index is 13.1. The second-order valence-electron chi connectivity index (χ2n) is 6.71. The van der Waals surface area contributed by atoms with E-state index < -0.39 is 15.8 Å². The Kier molecular flexibility index (Phi) is 7.14. The van der Waals surface area contributed by atoms with Crippen LogP contribution >= 0.6 is 11.6 Å². The molecule has 0 atom stereocenters. The fourth-order valence-electron chi connectivity index (χ4n) is 2.76. The van der Waals surface area contributed by atoms with E-state index in [1.807, 2.05) is 0 Å². The lowest BCUT2D eigenvalue weighted by atomic mass is 10.2. The van der Waals surface area contributed by atoms with Crippen LogP contribution in [0, 0.1) is 5.82 Å². The topological polar surface area (TPSA) is 75.7 Å². The van der Waals surface area contributed by atoms with Crippen molar-refractivity contribution in [2.45, 2.75) is 6.54 Å². The number of para-hydroxylation sites is 1. The molecule has 31 heavy (non-hydrogen) atoms. The smallest absolute Gasteiger partial charge is 0.262 e. The van der Waals surface area contributed by atoms with Crippen LogP contribution in [0.15, 0.2) is 72.8 Å². The first-order valence-corrected chi connectivity index (χ1v) is 11.4. The number of rotatable bonds is 8. The predicted molar refractivity (Wildman–Crippen MR) is 119 cm³/mol. The van der Waals surface area contributed by atoms with Gasteiger partial charge >= 0.3 is 0 Å². The molecule has 0 heterocycles. The monoisotopic (exact) mass is 462 g/mol. The number of hydrogen-bond acceptors (Lipinski definition) is 4. The van der Waals surface area contributed by atoms with E-state index >= 15 is 0 Å². The fraction of sp³-hybridized carbons (Fsp3) is 0.136. The highest BCUT2D eigenvalue weighted by Gasteiger charge is 2.18. The molecule has 1 amide bonds. The number of carbonyl (C=O) groups excluding carboxylic acids is 1. The highest BCUT2D eigenvalue weighted by Crippen LogP contribution is 2.24. The SMILES string of the molecule is CS(=O)(=O)N(Cc1ccc(F)cc1)c1ccc(OCC(=O)Nc2ccccc2Cl)cc1. The number of anilines is 2. The first-order chi connectivity index (χ1) is 14.7. The van der Waals surface area contributed by atoms with Gasteiger partial charge in [0.25, 0.3) is 5.91 Å². The van der Waals surface area contributed by atoms with Crippen LogP contribution < -0.4 is 14.4 Å². The van der Waals surface area contributed by atoms with Gasteiger partial charge in [0, 0.05) is 0 Å². The Labute approximate surface area is 185 Å². The van der Waals surface area contributed by atoms with E-state index in [1.165, 1.54) is 28.6 Å². The van der Waals surface area contributed by atoms with Gasteiger partial charge in [-0.05, 0) is 54.1 Å². The number of nitrogens with zero attached hydrogens (tertiary/aromatic N) is 1. The summed E-state index contributed by atoms with van der Waals surface area (Å²) in [6.07, 6.45) is 1.10. The molecule has 1 N–H and O–H groups in total. The first kappa shape index (κ1) is 22.6. The van der Waals surface area contributed by atoms with Gasteiger partial charge in [0.2, 0.25) is 10.0 Å². The summed E-state index contributed by atoms with van der Waals surface area (Å²) < 4.78 is 44.3. The molecule has 6 nitrogen and oxygen atoms in total. The van der Waals surface area contributed by atoms with E-state index in [-0.39, 0.29) is 19.1 Å². The van der Waals surface area contributed by atoms with Gasteiger partial charge in [0.05, 0.1) is 29.2 Å². The summed E-state index contributed by atoms with van der Waals surface area (Å²) in [7, 11) is -3.58. The molecule has 3 aromatic carbocycles. The largest absolute Gasteiger partial charge is 0.484 e. The summed E-state index contributed by atoms with van der Waals surface area (Å²) in [5.41, 5.74) is 1.54. The molecule has 0 unspecified atom stereocenters. The summed E-state index contributed by atoms with van der Waals surface area (Å²) in [5, 5.41) is 3.07. The van der Waals surface area contributed by atoms with Crippen molar-refractivity contribution in [2.24, 2.45) is 0 Å². The van der Waals surface area contributed by atoms with Crippen LogP contribution in [-0.2, 0) is 21.4 Å². The molecule has 0 aromatic heterocycles. The predicted octanol–water partition coefficient (Wildman–Crippen LogP) is 4.46. The minimum atomic E-state index is -3.58. The summed E-state index contributed by atoms with van der Waals surface area (Å²) in [6, 6.07) is 18.8. The van der Waals surface area contributed by atoms with Crippen molar-refractivity contribution in [2.75, 3.05) is 22.5 Å². The molecule has 0 radical (unpaired) electrons. The maximum atomic E-state index is 13.1. The third-order valence-electron chi connectivity index (χ3n) is 4.28. The molecule has 0 bridgehead atoms. The molecule has 0 aliphatic rings. The molecule has 0 aliphatic heterocycles. The number of amides is 1. The van der Waals surface area contributed by atoms with Crippen LogP contribution in [0.5, 0.6) is 5.75 Å². The van der Waals surface area contributed by atoms with E-state index in [4.69, 9.17) is 16.3 Å². The fourth-order valence-corrected chi connectivity index (χ4v) is 3.83. The van der Waals surface area contributed by atoms with Crippen molar-refractivity contribution >= 4 is 38.9 Å². The third kappa shape index (κ3) is 6.44. The molecular weight excluding hydrogens is 443 g/mol. The van der Waals surface area contributed by atoms with E-state index in [0.717, 1.165) is 6.26 Å². The molecule has 162 valence electrons. The van der Waals surface area contributed by atoms with Gasteiger partial charge in [-0.15, -0.1) is 0 Å². The van der Waals surface area contributed by atoms with Crippen LogP contribution in [-0.4, -0.2) is 27.2 Å². The summed E-state index contributed by atoms with van der Waals surface area (Å²) >= 11 is 6.01. The van der Waals surface area contributed by atoms with Gasteiger partial charge in [0.15, 0.2) is 6.61 Å². The first-order valence-electron chi connectivity index (χ1n) is 9.22. The molecule has 0 saturated carbocycles. The number of carbonyl (C=O) groups is 1. The van der Waals surface area contributed by atoms with E-state index in [1.54, 1.807) is 48.5 Å². The van der Waals surface area contributed by atoms with Crippen molar-refractivity contribution in [1.29, 1.82) is 0 Å². The summed E-state index contributed by atoms with van der Waals surface area (Å²) in [6.45, 7) is -0.185. The van der Waals surface area contributed by atoms with Gasteiger partial charge in [0.1, 0.15) is 11.6 Å². The van der Waals surface area contributed by atoms with E-state index in [2.05, 4.69) is 5.32 Å². The van der Waals surface area contributed by atoms with Gasteiger partial charge in [-0.3, -0.25) is 9.10 Å². The number of hydrogen-bond donors (Lipinski definition) is 1. The van der Waals surface area contributed by atoms with Crippen LogP contribution in [0.3, 0.4) is 0 Å². The average Bonchev–Trinajstić information content (AvgIpc) is 2.73. The van der Waals surface area contributed by atoms with Crippen molar-refractivity contribution in [3.63, 3.8) is 0 Å². The standard InChI is InChI=1S/C22H20ClFN2O4S/c1-31(28,29)26(14-16-6-8-17(24)9-7-16)18-10-12-19(13-11-18)30-15-22(27)25-21-5-3-2-4-20(21)23/h2-13H,14-15H2,1H3,(H,25,27). The second kappa shape index (κ2) is 9.80. The Balaban J connectivity index is 1.65. The van der Waals surface area contributed by atoms with Gasteiger partial charge in [-0.2, -0.15) is 0 Å². The van der Waals surface area contributed by atoms with Crippen LogP contribution in [0.2, 0.25) is 5.02 Å². The van der Waals surface area contributed by atoms with Gasteiger partial charge < -0.3 is 10.1 Å². The number of ether oxygens (including phenoxy) is 1. The van der Waals surface area contributed by atoms with Gasteiger partial charge in [-0.25, -0.2) is 12.8 Å². The second-order valence-corrected chi connectivity index (χ2v) is 9.02. The zero-order chi connectivity index (χ0) is 22.4. The summed E-state index contributed by atoms with van der Waals surface area (Å²) in [4.78, 5) is 12.1. The van der Waals surface area contributed by atoms with Crippen LogP contribution in [0.4, 0.5) is 15.8 Å². The van der Waals surface area contributed by atoms with Crippen LogP contribution in [0.1, 0.15) is 5.56 Å². The minimum Gasteiger partial charge on any atom is -0.484 e. The number of benzene rings is 3. The van der Waals surface area contributed by atoms with Crippen molar-refractivity contribution in [1.82, 2.24) is 0 Å². The van der Waals surface area contributed by atoms with E-state index in [0.29, 0.717) is 27.7 Å². The van der Waals surface area contributed by atoms with Gasteiger partial charge in [-0.1, -0.05) is 35.9 Å². The zero-order valence-corrected chi connectivity index (χ0v) is 18.2. The Morgan fingerprint density at radius 2 is 1.68 bits per heavy atom. The van der Waals surface area contributed by atoms with Crippen molar-refractivity contribution in [3.8, 4) is 5.75 Å². The molecule has 0 fully saturated rings. The molecule has 3 rings (SSSR count). The zero-order valence-electron chi connectivity index (χ0n) is 16.6. The molecular formula is C22H20ClFN2O4S. The Morgan fingerprint density at radius 3 is 2.29 bits per heavy atom. The molecule has 0 aliphatic carbocycles. The number of nitrogens with one attached hydrogen (secondary N) is 1. The molecule has 0 saturated heterocycles. The summed E-state index contributed by atoms with van der Waals surface area (Å²) in [5.74, 6) is -0.380. The van der Waals surface area contributed by atoms with E-state index in [9.17, 15) is 17.6 Å². The number of halogens is 2. The highest BCUT2D eigenvalue weighted by molar-refractivity contribution is 7.92. The Bertz CT molecular complexity index is 1150.